The van der Waals surface area contributed by atoms with Gasteiger partial charge in [-0.05, 0) is 45.9 Å². The number of carbonyl (C=O) groups excluding carboxylic acids is 1. The van der Waals surface area contributed by atoms with Crippen LogP contribution in [0.5, 0.6) is 0 Å². The summed E-state index contributed by atoms with van der Waals surface area (Å²) in [5, 5.41) is 23.0. The predicted octanol–water partition coefficient (Wildman–Crippen LogP) is 0.903. The van der Waals surface area contributed by atoms with Crippen molar-refractivity contribution in [3.8, 4) is 0 Å². The number of amides is 1. The van der Waals surface area contributed by atoms with Gasteiger partial charge in [0, 0.05) is 23.8 Å². The Labute approximate surface area is 137 Å². The fraction of sp³-hybridized carbons (Fsp3) is 0.500. The van der Waals surface area contributed by atoms with Gasteiger partial charge in [0.2, 0.25) is 5.91 Å². The minimum absolute atomic E-state index is 0. The molecule has 0 radical (unpaired) electrons. The van der Waals surface area contributed by atoms with Gasteiger partial charge in [-0.25, -0.2) is 0 Å². The highest BCUT2D eigenvalue weighted by Gasteiger charge is 2.40. The minimum atomic E-state index is -1.34. The topological polar surface area (TPSA) is 105 Å². The van der Waals surface area contributed by atoms with Crippen molar-refractivity contribution in [1.82, 2.24) is 0 Å². The lowest BCUT2D eigenvalue weighted by Crippen LogP contribution is -2.53. The first-order valence-electron chi connectivity index (χ1n) is 6.69. The SMILES string of the molecule is CC(=O)Nc1ccc(N)cc1B(O)OC(C)(C)C(C)(C)O.Cl. The van der Waals surface area contributed by atoms with E-state index in [2.05, 4.69) is 5.32 Å². The molecule has 0 aliphatic carbocycles. The van der Waals surface area contributed by atoms with E-state index in [-0.39, 0.29) is 18.3 Å². The normalized spacial score (nSPS) is 11.6. The van der Waals surface area contributed by atoms with Gasteiger partial charge in [-0.3, -0.25) is 4.79 Å². The number of aliphatic hydroxyl groups is 1. The van der Waals surface area contributed by atoms with Crippen LogP contribution in [0.25, 0.3) is 0 Å². The van der Waals surface area contributed by atoms with Crippen LogP contribution in [0.2, 0.25) is 0 Å². The molecule has 124 valence electrons. The quantitative estimate of drug-likeness (QED) is 0.474. The highest BCUT2D eigenvalue weighted by molar-refractivity contribution is 6.62. The smallest absolute Gasteiger partial charge is 0.423 e. The van der Waals surface area contributed by atoms with E-state index in [9.17, 15) is 14.9 Å². The average Bonchev–Trinajstić information content (AvgIpc) is 2.28. The molecule has 1 rings (SSSR count). The molecule has 22 heavy (non-hydrogen) atoms. The molecule has 0 saturated carbocycles. The number of rotatable bonds is 5. The molecule has 0 saturated heterocycles. The molecule has 1 aromatic rings. The molecule has 0 heterocycles. The fourth-order valence-electron chi connectivity index (χ4n) is 1.58. The number of halogens is 1. The molecule has 1 amide bonds. The van der Waals surface area contributed by atoms with E-state index < -0.39 is 18.3 Å². The Morgan fingerprint density at radius 1 is 1.32 bits per heavy atom. The van der Waals surface area contributed by atoms with Gasteiger partial charge >= 0.3 is 7.12 Å². The second kappa shape index (κ2) is 7.33. The summed E-state index contributed by atoms with van der Waals surface area (Å²) in [5.41, 5.74) is 4.72. The molecule has 0 spiro atoms. The van der Waals surface area contributed by atoms with Crippen LogP contribution in [0.4, 0.5) is 11.4 Å². The van der Waals surface area contributed by atoms with E-state index in [1.54, 1.807) is 39.8 Å². The number of benzene rings is 1. The zero-order valence-electron chi connectivity index (χ0n) is 13.5. The Bertz CT molecular complexity index is 532. The number of nitrogens with one attached hydrogen (secondary N) is 1. The summed E-state index contributed by atoms with van der Waals surface area (Å²) in [6, 6.07) is 4.73. The average molecular weight is 331 g/mol. The Balaban J connectivity index is 0.00000441. The summed E-state index contributed by atoms with van der Waals surface area (Å²) in [7, 11) is -1.34. The molecule has 0 aliphatic rings. The Morgan fingerprint density at radius 3 is 2.32 bits per heavy atom. The van der Waals surface area contributed by atoms with E-state index >= 15 is 0 Å². The van der Waals surface area contributed by atoms with Crippen LogP contribution in [0.1, 0.15) is 34.6 Å². The molecular formula is C14H24BClN2O4. The maximum absolute atomic E-state index is 11.2. The third kappa shape index (κ3) is 5.17. The van der Waals surface area contributed by atoms with Crippen molar-refractivity contribution >= 4 is 42.3 Å². The first kappa shape index (κ1) is 20.7. The summed E-state index contributed by atoms with van der Waals surface area (Å²) >= 11 is 0. The Kier molecular flexibility index (Phi) is 6.90. The largest absolute Gasteiger partial charge is 0.493 e. The van der Waals surface area contributed by atoms with Crippen LogP contribution in [-0.4, -0.2) is 34.4 Å². The third-order valence-electron chi connectivity index (χ3n) is 3.53. The minimum Gasteiger partial charge on any atom is -0.423 e. The molecule has 1 aromatic carbocycles. The lowest BCUT2D eigenvalue weighted by Gasteiger charge is -2.38. The zero-order chi connectivity index (χ0) is 16.4. The molecule has 0 fully saturated rings. The molecule has 0 atom stereocenters. The summed E-state index contributed by atoms with van der Waals surface area (Å²) < 4.78 is 5.56. The lowest BCUT2D eigenvalue weighted by molar-refractivity contribution is -0.114. The van der Waals surface area contributed by atoms with Crippen LogP contribution in [-0.2, 0) is 9.45 Å². The zero-order valence-corrected chi connectivity index (χ0v) is 14.3. The van der Waals surface area contributed by atoms with Crippen molar-refractivity contribution in [3.05, 3.63) is 18.2 Å². The molecular weight excluding hydrogens is 306 g/mol. The molecule has 8 heteroatoms. The number of hydrogen-bond acceptors (Lipinski definition) is 5. The number of hydrogen-bond donors (Lipinski definition) is 4. The maximum atomic E-state index is 11.2. The summed E-state index contributed by atoms with van der Waals surface area (Å²) in [5.74, 6) is -0.269. The molecule has 0 aliphatic heterocycles. The number of nitrogens with two attached hydrogens (primary N) is 1. The lowest BCUT2D eigenvalue weighted by atomic mass is 9.75. The van der Waals surface area contributed by atoms with Crippen LogP contribution < -0.4 is 16.5 Å². The van der Waals surface area contributed by atoms with Gasteiger partial charge < -0.3 is 25.8 Å². The van der Waals surface area contributed by atoms with Gasteiger partial charge in [0.15, 0.2) is 0 Å². The number of anilines is 2. The first-order chi connectivity index (χ1) is 9.44. The van der Waals surface area contributed by atoms with Crippen LogP contribution in [0, 0.1) is 0 Å². The number of nitrogen functional groups attached to an aromatic ring is 1. The van der Waals surface area contributed by atoms with Crippen LogP contribution in [0.3, 0.4) is 0 Å². The number of carbonyl (C=O) groups is 1. The highest BCUT2D eigenvalue weighted by Crippen LogP contribution is 2.26. The monoisotopic (exact) mass is 330 g/mol. The first-order valence-corrected chi connectivity index (χ1v) is 6.69. The highest BCUT2D eigenvalue weighted by atomic mass is 35.5. The van der Waals surface area contributed by atoms with Gasteiger partial charge in [-0.1, -0.05) is 0 Å². The van der Waals surface area contributed by atoms with Crippen LogP contribution >= 0.6 is 12.4 Å². The molecule has 0 unspecified atom stereocenters. The van der Waals surface area contributed by atoms with E-state index in [0.29, 0.717) is 16.8 Å². The standard InChI is InChI=1S/C14H23BN2O4.ClH/c1-9(18)17-12-7-6-10(16)8-11(12)15(20)21-14(4,5)13(2,3)19;/h6-8,19-20H,16H2,1-5H3,(H,17,18);1H. The van der Waals surface area contributed by atoms with Crippen molar-refractivity contribution in [3.63, 3.8) is 0 Å². The molecule has 5 N–H and O–H groups in total. The van der Waals surface area contributed by atoms with E-state index in [4.69, 9.17) is 10.4 Å². The van der Waals surface area contributed by atoms with Crippen molar-refractivity contribution in [2.45, 2.75) is 45.8 Å². The summed E-state index contributed by atoms with van der Waals surface area (Å²) in [6.07, 6.45) is 0. The Morgan fingerprint density at radius 2 is 1.86 bits per heavy atom. The van der Waals surface area contributed by atoms with Crippen molar-refractivity contribution < 1.29 is 19.6 Å². The van der Waals surface area contributed by atoms with Gasteiger partial charge in [0.1, 0.15) is 0 Å². The molecule has 0 bridgehead atoms. The van der Waals surface area contributed by atoms with Gasteiger partial charge in [-0.15, -0.1) is 12.4 Å². The van der Waals surface area contributed by atoms with Gasteiger partial charge in [0.25, 0.3) is 0 Å². The predicted molar refractivity (Wildman–Crippen MR) is 91.5 cm³/mol. The van der Waals surface area contributed by atoms with Gasteiger partial charge in [0.05, 0.1) is 11.2 Å². The van der Waals surface area contributed by atoms with Crippen LogP contribution in [0.15, 0.2) is 18.2 Å². The molecule has 0 aromatic heterocycles. The third-order valence-corrected chi connectivity index (χ3v) is 3.53. The van der Waals surface area contributed by atoms with E-state index in [0.717, 1.165) is 0 Å². The van der Waals surface area contributed by atoms with E-state index in [1.165, 1.54) is 13.0 Å². The molecule has 6 nitrogen and oxygen atoms in total. The van der Waals surface area contributed by atoms with E-state index in [1.807, 2.05) is 0 Å². The maximum Gasteiger partial charge on any atom is 0.493 e. The fourth-order valence-corrected chi connectivity index (χ4v) is 1.58. The Hall–Kier alpha value is -1.28. The van der Waals surface area contributed by atoms with Crippen molar-refractivity contribution in [2.75, 3.05) is 11.1 Å². The summed E-state index contributed by atoms with van der Waals surface area (Å²) in [4.78, 5) is 11.2. The van der Waals surface area contributed by atoms with Crippen molar-refractivity contribution in [1.29, 1.82) is 0 Å². The summed E-state index contributed by atoms with van der Waals surface area (Å²) in [6.45, 7) is 7.89. The van der Waals surface area contributed by atoms with Gasteiger partial charge in [-0.2, -0.15) is 0 Å². The second-order valence-corrected chi connectivity index (χ2v) is 6.07. The second-order valence-electron chi connectivity index (χ2n) is 6.07. The van der Waals surface area contributed by atoms with Crippen molar-refractivity contribution in [2.24, 2.45) is 0 Å².